The SMILES string of the molecule is c1ccc(Nc2ccc(-c3ccc4[nH]c5ccccc5c4c3)cc2-c2ccccc2)cc1. The molecule has 0 unspecified atom stereocenters. The Morgan fingerprint density at radius 2 is 1.12 bits per heavy atom. The standard InChI is InChI=1S/C30H22N2/c1-3-9-21(10-4-1)26-19-22(15-17-29(26)31-24-11-5-2-6-12-24)23-16-18-30-27(20-23)25-13-7-8-14-28(25)32-30/h1-20,31-32H. The van der Waals surface area contributed by atoms with Gasteiger partial charge >= 0.3 is 0 Å². The summed E-state index contributed by atoms with van der Waals surface area (Å²) in [5.41, 5.74) is 9.32. The first-order valence-electron chi connectivity index (χ1n) is 10.9. The molecular weight excluding hydrogens is 388 g/mol. The summed E-state index contributed by atoms with van der Waals surface area (Å²) < 4.78 is 0. The van der Waals surface area contributed by atoms with Crippen molar-refractivity contribution < 1.29 is 0 Å². The fourth-order valence-corrected chi connectivity index (χ4v) is 4.39. The number of rotatable bonds is 4. The van der Waals surface area contributed by atoms with E-state index < -0.39 is 0 Å². The van der Waals surface area contributed by atoms with Crippen molar-refractivity contribution in [2.75, 3.05) is 5.32 Å². The van der Waals surface area contributed by atoms with Crippen LogP contribution in [0.2, 0.25) is 0 Å². The fraction of sp³-hybridized carbons (Fsp3) is 0. The predicted octanol–water partition coefficient (Wildman–Crippen LogP) is 8.40. The van der Waals surface area contributed by atoms with Crippen molar-refractivity contribution in [2.24, 2.45) is 0 Å². The average Bonchev–Trinajstić information content (AvgIpc) is 3.23. The normalized spacial score (nSPS) is 11.1. The highest BCUT2D eigenvalue weighted by molar-refractivity contribution is 6.08. The topological polar surface area (TPSA) is 27.8 Å². The van der Waals surface area contributed by atoms with E-state index in [9.17, 15) is 0 Å². The van der Waals surface area contributed by atoms with Crippen molar-refractivity contribution in [3.63, 3.8) is 0 Å². The predicted molar refractivity (Wildman–Crippen MR) is 136 cm³/mol. The van der Waals surface area contributed by atoms with Crippen molar-refractivity contribution in [3.8, 4) is 22.3 Å². The Morgan fingerprint density at radius 1 is 0.469 bits per heavy atom. The number of aromatic nitrogens is 1. The molecule has 0 aliphatic heterocycles. The van der Waals surface area contributed by atoms with E-state index in [-0.39, 0.29) is 0 Å². The molecule has 0 spiro atoms. The molecule has 0 saturated heterocycles. The van der Waals surface area contributed by atoms with Crippen molar-refractivity contribution in [2.45, 2.75) is 0 Å². The summed E-state index contributed by atoms with van der Waals surface area (Å²) in [6.45, 7) is 0. The van der Waals surface area contributed by atoms with Gasteiger partial charge in [0.1, 0.15) is 0 Å². The van der Waals surface area contributed by atoms with Crippen molar-refractivity contribution >= 4 is 33.2 Å². The largest absolute Gasteiger partial charge is 0.355 e. The number of H-pyrrole nitrogens is 1. The number of para-hydroxylation sites is 2. The van der Waals surface area contributed by atoms with Crippen LogP contribution in [0.4, 0.5) is 11.4 Å². The zero-order valence-corrected chi connectivity index (χ0v) is 17.5. The summed E-state index contributed by atoms with van der Waals surface area (Å²) in [6, 6.07) is 42.7. The molecule has 1 aromatic heterocycles. The molecule has 1 heterocycles. The smallest absolute Gasteiger partial charge is 0.0465 e. The van der Waals surface area contributed by atoms with Gasteiger partial charge in [-0.15, -0.1) is 0 Å². The van der Waals surface area contributed by atoms with E-state index in [4.69, 9.17) is 0 Å². The molecule has 2 heteroatoms. The maximum Gasteiger partial charge on any atom is 0.0465 e. The highest BCUT2D eigenvalue weighted by Gasteiger charge is 2.10. The van der Waals surface area contributed by atoms with Gasteiger partial charge in [-0.2, -0.15) is 0 Å². The van der Waals surface area contributed by atoms with Gasteiger partial charge < -0.3 is 10.3 Å². The molecular formula is C30H22N2. The Kier molecular flexibility index (Phi) is 4.47. The number of fused-ring (bicyclic) bond motifs is 3. The lowest BCUT2D eigenvalue weighted by atomic mass is 9.96. The van der Waals surface area contributed by atoms with E-state index >= 15 is 0 Å². The van der Waals surface area contributed by atoms with Gasteiger partial charge in [-0.3, -0.25) is 0 Å². The molecule has 152 valence electrons. The van der Waals surface area contributed by atoms with E-state index in [1.165, 1.54) is 44.1 Å². The van der Waals surface area contributed by atoms with Crippen LogP contribution in [-0.2, 0) is 0 Å². The maximum atomic E-state index is 3.59. The first-order chi connectivity index (χ1) is 15.8. The Bertz CT molecular complexity index is 1530. The van der Waals surface area contributed by atoms with Gasteiger partial charge in [-0.05, 0) is 59.2 Å². The van der Waals surface area contributed by atoms with Gasteiger partial charge in [0.2, 0.25) is 0 Å². The third-order valence-electron chi connectivity index (χ3n) is 6.00. The van der Waals surface area contributed by atoms with Gasteiger partial charge in [0.05, 0.1) is 0 Å². The number of hydrogen-bond acceptors (Lipinski definition) is 1. The van der Waals surface area contributed by atoms with E-state index in [0.29, 0.717) is 0 Å². The van der Waals surface area contributed by atoms with E-state index in [1.54, 1.807) is 0 Å². The summed E-state index contributed by atoms with van der Waals surface area (Å²) >= 11 is 0. The van der Waals surface area contributed by atoms with Crippen LogP contribution in [0.25, 0.3) is 44.1 Å². The summed E-state index contributed by atoms with van der Waals surface area (Å²) in [6.07, 6.45) is 0. The summed E-state index contributed by atoms with van der Waals surface area (Å²) in [7, 11) is 0. The zero-order chi connectivity index (χ0) is 21.3. The average molecular weight is 411 g/mol. The van der Waals surface area contributed by atoms with Gasteiger partial charge in [-0.1, -0.05) is 78.9 Å². The monoisotopic (exact) mass is 410 g/mol. The van der Waals surface area contributed by atoms with E-state index in [1.807, 2.05) is 6.07 Å². The van der Waals surface area contributed by atoms with E-state index in [0.717, 1.165) is 11.4 Å². The molecule has 0 aliphatic carbocycles. The molecule has 2 nitrogen and oxygen atoms in total. The lowest BCUT2D eigenvalue weighted by Gasteiger charge is -2.15. The lowest BCUT2D eigenvalue weighted by Crippen LogP contribution is -1.94. The molecule has 0 bridgehead atoms. The van der Waals surface area contributed by atoms with Crippen molar-refractivity contribution in [1.82, 2.24) is 4.98 Å². The second kappa shape index (κ2) is 7.75. The van der Waals surface area contributed by atoms with Crippen molar-refractivity contribution in [1.29, 1.82) is 0 Å². The molecule has 32 heavy (non-hydrogen) atoms. The van der Waals surface area contributed by atoms with Crippen LogP contribution in [0.5, 0.6) is 0 Å². The Labute approximate surface area is 187 Å². The third kappa shape index (κ3) is 3.32. The van der Waals surface area contributed by atoms with Crippen LogP contribution in [0.3, 0.4) is 0 Å². The second-order valence-electron chi connectivity index (χ2n) is 8.05. The van der Waals surface area contributed by atoms with Crippen LogP contribution < -0.4 is 5.32 Å². The quantitative estimate of drug-likeness (QED) is 0.300. The number of anilines is 2. The highest BCUT2D eigenvalue weighted by Crippen LogP contribution is 2.36. The maximum absolute atomic E-state index is 3.59. The summed E-state index contributed by atoms with van der Waals surface area (Å²) in [5.74, 6) is 0. The highest BCUT2D eigenvalue weighted by atomic mass is 14.9. The van der Waals surface area contributed by atoms with Crippen LogP contribution in [0.15, 0.2) is 121 Å². The molecule has 0 atom stereocenters. The van der Waals surface area contributed by atoms with Gasteiger partial charge in [0.25, 0.3) is 0 Å². The van der Waals surface area contributed by atoms with Crippen LogP contribution >= 0.6 is 0 Å². The Hall–Kier alpha value is -4.30. The lowest BCUT2D eigenvalue weighted by molar-refractivity contribution is 1.52. The molecule has 6 aromatic rings. The van der Waals surface area contributed by atoms with E-state index in [2.05, 4.69) is 126 Å². The molecule has 0 amide bonds. The molecule has 5 aromatic carbocycles. The summed E-state index contributed by atoms with van der Waals surface area (Å²) in [5, 5.41) is 6.11. The number of aromatic amines is 1. The van der Waals surface area contributed by atoms with Crippen LogP contribution in [0, 0.1) is 0 Å². The third-order valence-corrected chi connectivity index (χ3v) is 6.00. The second-order valence-corrected chi connectivity index (χ2v) is 8.05. The first kappa shape index (κ1) is 18.5. The van der Waals surface area contributed by atoms with Gasteiger partial charge in [0.15, 0.2) is 0 Å². The molecule has 0 aliphatic rings. The fourth-order valence-electron chi connectivity index (χ4n) is 4.39. The van der Waals surface area contributed by atoms with Crippen molar-refractivity contribution in [3.05, 3.63) is 121 Å². The summed E-state index contributed by atoms with van der Waals surface area (Å²) in [4.78, 5) is 3.52. The van der Waals surface area contributed by atoms with Crippen LogP contribution in [-0.4, -0.2) is 4.98 Å². The van der Waals surface area contributed by atoms with Gasteiger partial charge in [0, 0.05) is 38.7 Å². The Balaban J connectivity index is 1.49. The minimum Gasteiger partial charge on any atom is -0.355 e. The zero-order valence-electron chi connectivity index (χ0n) is 17.5. The molecule has 0 fully saturated rings. The minimum atomic E-state index is 1.08. The first-order valence-corrected chi connectivity index (χ1v) is 10.9. The molecule has 0 radical (unpaired) electrons. The van der Waals surface area contributed by atoms with Gasteiger partial charge in [-0.25, -0.2) is 0 Å². The number of nitrogens with one attached hydrogen (secondary N) is 2. The molecule has 6 rings (SSSR count). The van der Waals surface area contributed by atoms with Crippen LogP contribution in [0.1, 0.15) is 0 Å². The number of benzene rings is 5. The number of hydrogen-bond donors (Lipinski definition) is 2. The molecule has 2 N–H and O–H groups in total. The minimum absolute atomic E-state index is 1.08. The Morgan fingerprint density at radius 3 is 1.97 bits per heavy atom. The molecule has 0 saturated carbocycles.